The minimum absolute atomic E-state index is 0.699. The van der Waals surface area contributed by atoms with Crippen LogP contribution in [0.4, 0.5) is 0 Å². The molecule has 2 nitrogen and oxygen atoms in total. The monoisotopic (exact) mass is 311 g/mol. The van der Waals surface area contributed by atoms with Crippen LogP contribution in [0, 0.1) is 13.8 Å². The van der Waals surface area contributed by atoms with E-state index in [1.807, 2.05) is 30.5 Å². The van der Waals surface area contributed by atoms with Crippen molar-refractivity contribution in [1.29, 1.82) is 0 Å². The van der Waals surface area contributed by atoms with E-state index in [-0.39, 0.29) is 0 Å². The standard InChI is InChI=1S/C22H17NO/c1-14-9-15(2)11-18(10-14)22-21-6-4-17-12-16(13-24)3-5-19(17)20(21)7-8-23-22/h3-13H,1-2H3. The number of fused-ring (bicyclic) bond motifs is 3. The summed E-state index contributed by atoms with van der Waals surface area (Å²) in [5, 5.41) is 4.51. The summed E-state index contributed by atoms with van der Waals surface area (Å²) in [5.41, 5.74) is 5.31. The second-order valence-corrected chi connectivity index (χ2v) is 6.30. The Kier molecular flexibility index (Phi) is 3.39. The Balaban J connectivity index is 2.04. The van der Waals surface area contributed by atoms with Crippen LogP contribution in [0.15, 0.2) is 60.8 Å². The SMILES string of the molecule is Cc1cc(C)cc(-c2nccc3c2ccc2cc(C=O)ccc23)c1. The van der Waals surface area contributed by atoms with Crippen LogP contribution in [-0.4, -0.2) is 11.3 Å². The predicted octanol–water partition coefficient (Wildman–Crippen LogP) is 5.48. The quantitative estimate of drug-likeness (QED) is 0.362. The molecule has 0 radical (unpaired) electrons. The lowest BCUT2D eigenvalue weighted by atomic mass is 9.96. The second-order valence-electron chi connectivity index (χ2n) is 6.30. The molecule has 116 valence electrons. The van der Waals surface area contributed by atoms with Gasteiger partial charge >= 0.3 is 0 Å². The Morgan fingerprint density at radius 1 is 0.792 bits per heavy atom. The maximum Gasteiger partial charge on any atom is 0.150 e. The first kappa shape index (κ1) is 14.6. The third-order valence-corrected chi connectivity index (χ3v) is 4.42. The van der Waals surface area contributed by atoms with E-state index in [9.17, 15) is 4.79 Å². The van der Waals surface area contributed by atoms with Crippen LogP contribution < -0.4 is 0 Å². The maximum atomic E-state index is 11.0. The number of pyridine rings is 1. The van der Waals surface area contributed by atoms with Crippen molar-refractivity contribution in [1.82, 2.24) is 4.98 Å². The van der Waals surface area contributed by atoms with Crippen molar-refractivity contribution in [3.05, 3.63) is 77.5 Å². The number of aldehydes is 1. The molecule has 0 saturated heterocycles. The minimum Gasteiger partial charge on any atom is -0.298 e. The summed E-state index contributed by atoms with van der Waals surface area (Å²) in [5.74, 6) is 0. The average molecular weight is 311 g/mol. The van der Waals surface area contributed by atoms with Crippen molar-refractivity contribution in [3.8, 4) is 11.3 Å². The van der Waals surface area contributed by atoms with E-state index in [0.717, 1.165) is 39.1 Å². The largest absolute Gasteiger partial charge is 0.298 e. The van der Waals surface area contributed by atoms with E-state index in [0.29, 0.717) is 5.56 Å². The van der Waals surface area contributed by atoms with E-state index in [4.69, 9.17) is 0 Å². The number of benzene rings is 3. The van der Waals surface area contributed by atoms with Gasteiger partial charge in [-0.3, -0.25) is 9.78 Å². The number of carbonyl (C=O) groups is 1. The Bertz CT molecular complexity index is 1080. The molecule has 0 N–H and O–H groups in total. The molecule has 0 fully saturated rings. The van der Waals surface area contributed by atoms with E-state index in [2.05, 4.69) is 49.2 Å². The summed E-state index contributed by atoms with van der Waals surface area (Å²) in [6, 6.07) is 18.6. The van der Waals surface area contributed by atoms with Gasteiger partial charge in [0.05, 0.1) is 5.69 Å². The zero-order valence-electron chi connectivity index (χ0n) is 13.7. The fourth-order valence-electron chi connectivity index (χ4n) is 3.43. The molecule has 3 aromatic carbocycles. The molecule has 4 aromatic rings. The summed E-state index contributed by atoms with van der Waals surface area (Å²) >= 11 is 0. The Morgan fingerprint density at radius 3 is 2.29 bits per heavy atom. The second kappa shape index (κ2) is 5.57. The maximum absolute atomic E-state index is 11.0. The highest BCUT2D eigenvalue weighted by Gasteiger charge is 2.09. The van der Waals surface area contributed by atoms with Crippen LogP contribution in [0.25, 0.3) is 32.8 Å². The Morgan fingerprint density at radius 2 is 1.54 bits per heavy atom. The summed E-state index contributed by atoms with van der Waals surface area (Å²) in [6.07, 6.45) is 2.75. The molecular formula is C22H17NO. The van der Waals surface area contributed by atoms with Crippen LogP contribution in [-0.2, 0) is 0 Å². The molecule has 24 heavy (non-hydrogen) atoms. The lowest BCUT2D eigenvalue weighted by molar-refractivity contribution is 0.112. The fourth-order valence-corrected chi connectivity index (χ4v) is 3.43. The normalized spacial score (nSPS) is 11.1. The molecule has 0 saturated carbocycles. The van der Waals surface area contributed by atoms with Crippen molar-refractivity contribution >= 4 is 27.8 Å². The highest BCUT2D eigenvalue weighted by Crippen LogP contribution is 2.32. The zero-order valence-corrected chi connectivity index (χ0v) is 13.7. The van der Waals surface area contributed by atoms with Crippen molar-refractivity contribution in [2.75, 3.05) is 0 Å². The first-order chi connectivity index (χ1) is 11.7. The van der Waals surface area contributed by atoms with Crippen molar-refractivity contribution in [2.45, 2.75) is 13.8 Å². The van der Waals surface area contributed by atoms with Crippen LogP contribution >= 0.6 is 0 Å². The number of nitrogens with zero attached hydrogens (tertiary/aromatic N) is 1. The summed E-state index contributed by atoms with van der Waals surface area (Å²) in [4.78, 5) is 15.7. The molecule has 1 heterocycles. The highest BCUT2D eigenvalue weighted by atomic mass is 16.1. The van der Waals surface area contributed by atoms with E-state index in [1.54, 1.807) is 0 Å². The number of aryl methyl sites for hydroxylation is 2. The predicted molar refractivity (Wildman–Crippen MR) is 99.5 cm³/mol. The van der Waals surface area contributed by atoms with Crippen LogP contribution in [0.5, 0.6) is 0 Å². The van der Waals surface area contributed by atoms with Gasteiger partial charge in [-0.1, -0.05) is 41.5 Å². The molecule has 0 spiro atoms. The number of hydrogen-bond donors (Lipinski definition) is 0. The first-order valence-corrected chi connectivity index (χ1v) is 8.01. The van der Waals surface area contributed by atoms with Gasteiger partial charge in [0.1, 0.15) is 6.29 Å². The summed E-state index contributed by atoms with van der Waals surface area (Å²) < 4.78 is 0. The van der Waals surface area contributed by atoms with E-state index in [1.165, 1.54) is 11.1 Å². The molecule has 4 rings (SSSR count). The van der Waals surface area contributed by atoms with Gasteiger partial charge in [-0.2, -0.15) is 0 Å². The lowest BCUT2D eigenvalue weighted by Gasteiger charge is -2.10. The van der Waals surface area contributed by atoms with Gasteiger partial charge < -0.3 is 0 Å². The molecule has 0 amide bonds. The van der Waals surface area contributed by atoms with Gasteiger partial charge in [-0.25, -0.2) is 0 Å². The van der Waals surface area contributed by atoms with Gasteiger partial charge in [-0.15, -0.1) is 0 Å². The van der Waals surface area contributed by atoms with E-state index < -0.39 is 0 Å². The molecule has 0 unspecified atom stereocenters. The first-order valence-electron chi connectivity index (χ1n) is 8.01. The van der Waals surface area contributed by atoms with Crippen LogP contribution in [0.1, 0.15) is 21.5 Å². The molecule has 0 aliphatic carbocycles. The minimum atomic E-state index is 0.699. The van der Waals surface area contributed by atoms with Gasteiger partial charge in [0, 0.05) is 22.7 Å². The smallest absolute Gasteiger partial charge is 0.150 e. The number of aromatic nitrogens is 1. The van der Waals surface area contributed by atoms with Crippen LogP contribution in [0.3, 0.4) is 0 Å². The number of hydrogen-bond acceptors (Lipinski definition) is 2. The van der Waals surface area contributed by atoms with Crippen molar-refractivity contribution < 1.29 is 4.79 Å². The molecule has 0 atom stereocenters. The van der Waals surface area contributed by atoms with Gasteiger partial charge in [0.15, 0.2) is 0 Å². The molecule has 0 aliphatic rings. The Labute approximate surface area is 140 Å². The molecule has 1 aromatic heterocycles. The zero-order chi connectivity index (χ0) is 16.7. The Hall–Kier alpha value is -3.00. The van der Waals surface area contributed by atoms with Gasteiger partial charge in [0.25, 0.3) is 0 Å². The topological polar surface area (TPSA) is 30.0 Å². The number of rotatable bonds is 2. The van der Waals surface area contributed by atoms with Crippen molar-refractivity contribution in [3.63, 3.8) is 0 Å². The molecule has 0 bridgehead atoms. The average Bonchev–Trinajstić information content (AvgIpc) is 2.59. The van der Waals surface area contributed by atoms with Gasteiger partial charge in [-0.05, 0) is 54.3 Å². The molecule has 0 aliphatic heterocycles. The highest BCUT2D eigenvalue weighted by molar-refractivity contribution is 6.11. The third kappa shape index (κ3) is 2.37. The van der Waals surface area contributed by atoms with Gasteiger partial charge in [0.2, 0.25) is 0 Å². The molecule has 2 heteroatoms. The number of carbonyl (C=O) groups excluding carboxylic acids is 1. The van der Waals surface area contributed by atoms with Crippen molar-refractivity contribution in [2.24, 2.45) is 0 Å². The summed E-state index contributed by atoms with van der Waals surface area (Å²) in [7, 11) is 0. The fraction of sp³-hybridized carbons (Fsp3) is 0.0909. The summed E-state index contributed by atoms with van der Waals surface area (Å²) in [6.45, 7) is 4.22. The molecular weight excluding hydrogens is 294 g/mol. The van der Waals surface area contributed by atoms with Crippen LogP contribution in [0.2, 0.25) is 0 Å². The third-order valence-electron chi connectivity index (χ3n) is 4.42. The van der Waals surface area contributed by atoms with E-state index >= 15 is 0 Å². The lowest BCUT2D eigenvalue weighted by Crippen LogP contribution is -1.89.